The summed E-state index contributed by atoms with van der Waals surface area (Å²) in [7, 11) is 2.19. The van der Waals surface area contributed by atoms with Gasteiger partial charge in [-0.1, -0.05) is 44.5 Å². The van der Waals surface area contributed by atoms with E-state index in [0.717, 1.165) is 13.1 Å². The lowest BCUT2D eigenvalue weighted by Gasteiger charge is -2.28. The van der Waals surface area contributed by atoms with Gasteiger partial charge in [-0.25, -0.2) is 0 Å². The van der Waals surface area contributed by atoms with Crippen LogP contribution in [0.3, 0.4) is 0 Å². The number of rotatable bonds is 8. The Labute approximate surface area is 119 Å². The molecule has 0 fully saturated rings. The molecule has 0 aliphatic rings. The minimum atomic E-state index is 0.424. The summed E-state index contributed by atoms with van der Waals surface area (Å²) in [6.45, 7) is 11.0. The van der Waals surface area contributed by atoms with E-state index in [0.29, 0.717) is 12.1 Å². The molecule has 1 rings (SSSR count). The SMILES string of the molecule is CCCc1ccc(C(CN(C)C(C)C)NCC)cc1. The van der Waals surface area contributed by atoms with Crippen LogP contribution < -0.4 is 5.32 Å². The number of hydrogen-bond acceptors (Lipinski definition) is 2. The van der Waals surface area contributed by atoms with E-state index in [9.17, 15) is 0 Å². The molecule has 0 heterocycles. The lowest BCUT2D eigenvalue weighted by molar-refractivity contribution is 0.243. The minimum Gasteiger partial charge on any atom is -0.309 e. The van der Waals surface area contributed by atoms with Gasteiger partial charge in [0.25, 0.3) is 0 Å². The number of likely N-dealkylation sites (N-methyl/N-ethyl adjacent to an activating group) is 2. The molecule has 0 radical (unpaired) electrons. The third kappa shape index (κ3) is 5.33. The van der Waals surface area contributed by atoms with Crippen molar-refractivity contribution in [3.05, 3.63) is 35.4 Å². The van der Waals surface area contributed by atoms with Crippen LogP contribution in [0.1, 0.15) is 51.3 Å². The second kappa shape index (κ2) is 8.34. The van der Waals surface area contributed by atoms with E-state index in [4.69, 9.17) is 0 Å². The topological polar surface area (TPSA) is 15.3 Å². The number of nitrogens with one attached hydrogen (secondary N) is 1. The zero-order valence-electron chi connectivity index (χ0n) is 13.2. The third-order valence-electron chi connectivity index (χ3n) is 3.72. The Morgan fingerprint density at radius 1 is 1.11 bits per heavy atom. The predicted molar refractivity (Wildman–Crippen MR) is 84.6 cm³/mol. The van der Waals surface area contributed by atoms with Gasteiger partial charge in [-0.05, 0) is 45.0 Å². The molecule has 19 heavy (non-hydrogen) atoms. The summed E-state index contributed by atoms with van der Waals surface area (Å²) in [4.78, 5) is 2.40. The summed E-state index contributed by atoms with van der Waals surface area (Å²) in [5, 5.41) is 3.59. The van der Waals surface area contributed by atoms with Gasteiger partial charge < -0.3 is 10.2 Å². The largest absolute Gasteiger partial charge is 0.309 e. The van der Waals surface area contributed by atoms with E-state index < -0.39 is 0 Å². The first-order chi connectivity index (χ1) is 9.08. The predicted octanol–water partition coefficient (Wildman–Crippen LogP) is 3.63. The molecule has 1 atom stereocenters. The molecule has 1 N–H and O–H groups in total. The molecule has 0 spiro atoms. The molecular weight excluding hydrogens is 232 g/mol. The maximum atomic E-state index is 3.59. The molecule has 0 aliphatic heterocycles. The normalized spacial score (nSPS) is 13.2. The number of hydrogen-bond donors (Lipinski definition) is 1. The highest BCUT2D eigenvalue weighted by Crippen LogP contribution is 2.16. The van der Waals surface area contributed by atoms with Crippen molar-refractivity contribution >= 4 is 0 Å². The first kappa shape index (κ1) is 16.2. The van der Waals surface area contributed by atoms with Gasteiger partial charge in [-0.3, -0.25) is 0 Å². The lowest BCUT2D eigenvalue weighted by atomic mass is 10.0. The second-order valence-corrected chi connectivity index (χ2v) is 5.64. The smallest absolute Gasteiger partial charge is 0.0449 e. The minimum absolute atomic E-state index is 0.424. The summed E-state index contributed by atoms with van der Waals surface area (Å²) in [5.74, 6) is 0. The van der Waals surface area contributed by atoms with Crippen molar-refractivity contribution in [1.29, 1.82) is 0 Å². The molecule has 2 heteroatoms. The highest BCUT2D eigenvalue weighted by atomic mass is 15.1. The Hall–Kier alpha value is -0.860. The highest BCUT2D eigenvalue weighted by Gasteiger charge is 2.14. The van der Waals surface area contributed by atoms with E-state index in [2.05, 4.69) is 69.2 Å². The fourth-order valence-electron chi connectivity index (χ4n) is 2.24. The van der Waals surface area contributed by atoms with Crippen LogP contribution in [0.15, 0.2) is 24.3 Å². The van der Waals surface area contributed by atoms with Gasteiger partial charge in [-0.15, -0.1) is 0 Å². The van der Waals surface area contributed by atoms with Crippen LogP contribution in [-0.4, -0.2) is 31.1 Å². The van der Waals surface area contributed by atoms with Crippen LogP contribution in [0.2, 0.25) is 0 Å². The lowest BCUT2D eigenvalue weighted by Crippen LogP contribution is -2.36. The van der Waals surface area contributed by atoms with E-state index in [1.165, 1.54) is 24.0 Å². The van der Waals surface area contributed by atoms with Crippen molar-refractivity contribution < 1.29 is 0 Å². The number of benzene rings is 1. The molecule has 0 amide bonds. The first-order valence-electron chi connectivity index (χ1n) is 7.60. The Balaban J connectivity index is 2.74. The van der Waals surface area contributed by atoms with Gasteiger partial charge in [0, 0.05) is 18.6 Å². The third-order valence-corrected chi connectivity index (χ3v) is 3.72. The Morgan fingerprint density at radius 3 is 2.21 bits per heavy atom. The van der Waals surface area contributed by atoms with Gasteiger partial charge in [-0.2, -0.15) is 0 Å². The van der Waals surface area contributed by atoms with Crippen LogP contribution in [0.25, 0.3) is 0 Å². The van der Waals surface area contributed by atoms with Gasteiger partial charge in [0.1, 0.15) is 0 Å². The van der Waals surface area contributed by atoms with E-state index in [-0.39, 0.29) is 0 Å². The number of nitrogens with zero attached hydrogens (tertiary/aromatic N) is 1. The standard InChI is InChI=1S/C17H30N2/c1-6-8-15-9-11-16(12-10-15)17(18-7-2)13-19(5)14(3)4/h9-12,14,17-18H,6-8,13H2,1-5H3. The van der Waals surface area contributed by atoms with Gasteiger partial charge in [0.05, 0.1) is 0 Å². The van der Waals surface area contributed by atoms with Crippen molar-refractivity contribution in [1.82, 2.24) is 10.2 Å². The average Bonchev–Trinajstić information content (AvgIpc) is 2.39. The number of aryl methyl sites for hydroxylation is 1. The van der Waals surface area contributed by atoms with Gasteiger partial charge >= 0.3 is 0 Å². The van der Waals surface area contributed by atoms with Crippen molar-refractivity contribution in [3.8, 4) is 0 Å². The Kier molecular flexibility index (Phi) is 7.11. The van der Waals surface area contributed by atoms with Gasteiger partial charge in [0.15, 0.2) is 0 Å². The van der Waals surface area contributed by atoms with Crippen LogP contribution in [-0.2, 0) is 6.42 Å². The molecule has 0 aromatic heterocycles. The molecule has 1 aromatic rings. The summed E-state index contributed by atoms with van der Waals surface area (Å²) in [5.41, 5.74) is 2.84. The molecule has 2 nitrogen and oxygen atoms in total. The molecule has 108 valence electrons. The molecule has 0 aliphatic carbocycles. The molecule has 1 unspecified atom stereocenters. The maximum absolute atomic E-state index is 3.59. The second-order valence-electron chi connectivity index (χ2n) is 5.64. The molecule has 0 saturated heterocycles. The molecule has 1 aromatic carbocycles. The summed E-state index contributed by atoms with van der Waals surface area (Å²) >= 11 is 0. The van der Waals surface area contributed by atoms with Crippen LogP contribution >= 0.6 is 0 Å². The summed E-state index contributed by atoms with van der Waals surface area (Å²) < 4.78 is 0. The van der Waals surface area contributed by atoms with E-state index >= 15 is 0 Å². The van der Waals surface area contributed by atoms with Crippen molar-refractivity contribution in [2.75, 3.05) is 20.1 Å². The van der Waals surface area contributed by atoms with Crippen molar-refractivity contribution in [3.63, 3.8) is 0 Å². The first-order valence-corrected chi connectivity index (χ1v) is 7.60. The van der Waals surface area contributed by atoms with Crippen LogP contribution in [0.5, 0.6) is 0 Å². The van der Waals surface area contributed by atoms with Gasteiger partial charge in [0.2, 0.25) is 0 Å². The molecular formula is C17H30N2. The quantitative estimate of drug-likeness (QED) is 0.769. The Bertz CT molecular complexity index is 343. The highest BCUT2D eigenvalue weighted by molar-refractivity contribution is 5.25. The van der Waals surface area contributed by atoms with E-state index in [1.54, 1.807) is 0 Å². The maximum Gasteiger partial charge on any atom is 0.0449 e. The zero-order chi connectivity index (χ0) is 14.3. The van der Waals surface area contributed by atoms with Crippen molar-refractivity contribution in [2.45, 2.75) is 52.6 Å². The molecule has 0 bridgehead atoms. The fourth-order valence-corrected chi connectivity index (χ4v) is 2.24. The van der Waals surface area contributed by atoms with Crippen LogP contribution in [0.4, 0.5) is 0 Å². The monoisotopic (exact) mass is 262 g/mol. The Morgan fingerprint density at radius 2 is 1.74 bits per heavy atom. The average molecular weight is 262 g/mol. The summed E-state index contributed by atoms with van der Waals surface area (Å²) in [6, 6.07) is 10.1. The zero-order valence-corrected chi connectivity index (χ0v) is 13.2. The summed E-state index contributed by atoms with van der Waals surface area (Å²) in [6.07, 6.45) is 2.39. The van der Waals surface area contributed by atoms with E-state index in [1.807, 2.05) is 0 Å². The fraction of sp³-hybridized carbons (Fsp3) is 0.647. The van der Waals surface area contributed by atoms with Crippen LogP contribution in [0, 0.1) is 0 Å². The molecule has 0 saturated carbocycles. The van der Waals surface area contributed by atoms with Crippen molar-refractivity contribution in [2.24, 2.45) is 0 Å².